The average molecular weight is 352 g/mol. The van der Waals surface area contributed by atoms with Crippen molar-refractivity contribution in [3.63, 3.8) is 0 Å². The van der Waals surface area contributed by atoms with Crippen LogP contribution in [0.5, 0.6) is 0 Å². The Kier molecular flexibility index (Phi) is 4.00. The maximum absolute atomic E-state index is 2.51. The summed E-state index contributed by atoms with van der Waals surface area (Å²) in [4.78, 5) is 2.39. The summed E-state index contributed by atoms with van der Waals surface area (Å²) in [7, 11) is 0.481. The predicted octanol–water partition coefficient (Wildman–Crippen LogP) is 5.19. The number of hydrogen-bond acceptors (Lipinski definition) is 1. The Labute approximate surface area is 155 Å². The minimum Gasteiger partial charge on any atom is -0.345 e. The zero-order chi connectivity index (χ0) is 18.8. The van der Waals surface area contributed by atoms with E-state index in [1.54, 1.807) is 10.4 Å². The quantitative estimate of drug-likeness (QED) is 0.591. The van der Waals surface area contributed by atoms with E-state index in [-0.39, 0.29) is 10.8 Å². The van der Waals surface area contributed by atoms with Gasteiger partial charge in [0.1, 0.15) is 8.07 Å². The molecule has 25 heavy (non-hydrogen) atoms. The van der Waals surface area contributed by atoms with Gasteiger partial charge >= 0.3 is 0 Å². The van der Waals surface area contributed by atoms with Gasteiger partial charge in [-0.2, -0.15) is 0 Å². The van der Waals surface area contributed by atoms with Crippen molar-refractivity contribution in [1.82, 2.24) is 0 Å². The highest BCUT2D eigenvalue weighted by atomic mass is 28.3. The van der Waals surface area contributed by atoms with Crippen LogP contribution in [0.15, 0.2) is 36.4 Å². The van der Waals surface area contributed by atoms with Crippen LogP contribution in [0.1, 0.15) is 52.7 Å². The van der Waals surface area contributed by atoms with Crippen LogP contribution in [0.25, 0.3) is 0 Å². The maximum Gasteiger partial charge on any atom is 0.117 e. The summed E-state index contributed by atoms with van der Waals surface area (Å²) in [5.41, 5.74) is 6.03. The molecule has 0 atom stereocenters. The van der Waals surface area contributed by atoms with E-state index in [1.807, 2.05) is 0 Å². The fraction of sp³-hybridized carbons (Fsp3) is 0.478. The summed E-state index contributed by atoms with van der Waals surface area (Å²) in [6, 6.07) is 14.3. The lowest BCUT2D eigenvalue weighted by Gasteiger charge is -2.41. The van der Waals surface area contributed by atoms with Crippen LogP contribution < -0.4 is 15.3 Å². The molecule has 0 N–H and O–H groups in total. The summed E-state index contributed by atoms with van der Waals surface area (Å²) in [6.07, 6.45) is 0. The van der Waals surface area contributed by atoms with Crippen LogP contribution in [-0.2, 0) is 10.8 Å². The molecule has 0 bridgehead atoms. The Morgan fingerprint density at radius 1 is 0.680 bits per heavy atom. The van der Waals surface area contributed by atoms with Gasteiger partial charge in [0, 0.05) is 18.4 Å². The largest absolute Gasteiger partial charge is 0.345 e. The highest BCUT2D eigenvalue weighted by Crippen LogP contribution is 2.34. The highest BCUT2D eigenvalue weighted by molar-refractivity contribution is 7.02. The van der Waals surface area contributed by atoms with Crippen molar-refractivity contribution in [2.45, 2.75) is 65.5 Å². The second kappa shape index (κ2) is 5.47. The summed E-state index contributed by atoms with van der Waals surface area (Å²) < 4.78 is 0. The van der Waals surface area contributed by atoms with Gasteiger partial charge in [0.25, 0.3) is 0 Å². The summed E-state index contributed by atoms with van der Waals surface area (Å²) in [6.45, 7) is 18.9. The predicted molar refractivity (Wildman–Crippen MR) is 115 cm³/mol. The first-order valence-corrected chi connectivity index (χ1v) is 12.4. The third-order valence-electron chi connectivity index (χ3n) is 5.79. The number of hydrogen-bond donors (Lipinski definition) is 0. The molecule has 3 rings (SSSR count). The van der Waals surface area contributed by atoms with Gasteiger partial charge in [0.05, 0.1) is 0 Å². The second-order valence-electron chi connectivity index (χ2n) is 10.1. The Bertz CT molecular complexity index is 751. The minimum absolute atomic E-state index is 0.186. The van der Waals surface area contributed by atoms with Gasteiger partial charge in [0.2, 0.25) is 0 Å². The van der Waals surface area contributed by atoms with E-state index in [4.69, 9.17) is 0 Å². The first-order chi connectivity index (χ1) is 11.3. The van der Waals surface area contributed by atoms with Gasteiger partial charge in [-0.3, -0.25) is 0 Å². The van der Waals surface area contributed by atoms with E-state index in [9.17, 15) is 0 Å². The van der Waals surface area contributed by atoms with Crippen LogP contribution in [0, 0.1) is 0 Å². The molecule has 0 aromatic heterocycles. The van der Waals surface area contributed by atoms with Crippen molar-refractivity contribution in [3.05, 3.63) is 47.5 Å². The second-order valence-corrected chi connectivity index (χ2v) is 14.5. The van der Waals surface area contributed by atoms with E-state index in [2.05, 4.69) is 103 Å². The number of benzene rings is 2. The fourth-order valence-electron chi connectivity index (χ4n) is 3.87. The smallest absolute Gasteiger partial charge is 0.117 e. The van der Waals surface area contributed by atoms with E-state index in [1.165, 1.54) is 22.5 Å². The third-order valence-corrected chi connectivity index (χ3v) is 9.29. The Morgan fingerprint density at radius 3 is 1.36 bits per heavy atom. The first-order valence-electron chi connectivity index (χ1n) is 9.37. The molecule has 0 aliphatic carbocycles. The van der Waals surface area contributed by atoms with Gasteiger partial charge in [0.15, 0.2) is 0 Å². The summed E-state index contributed by atoms with van der Waals surface area (Å²) in [5.74, 6) is 0. The van der Waals surface area contributed by atoms with Crippen molar-refractivity contribution in [2.75, 3.05) is 11.9 Å². The molecule has 0 spiro atoms. The van der Waals surface area contributed by atoms with Gasteiger partial charge in [-0.15, -0.1) is 0 Å². The van der Waals surface area contributed by atoms with Gasteiger partial charge in [-0.05, 0) is 44.5 Å². The normalized spacial score (nSPS) is 16.4. The lowest BCUT2D eigenvalue weighted by Crippen LogP contribution is -2.59. The molecule has 0 amide bonds. The lowest BCUT2D eigenvalue weighted by atomic mass is 9.86. The fourth-order valence-corrected chi connectivity index (χ4v) is 6.97. The molecular formula is C23H33NSi. The number of nitrogens with zero attached hydrogens (tertiary/aromatic N) is 1. The van der Waals surface area contributed by atoms with Crippen molar-refractivity contribution in [3.8, 4) is 0 Å². The van der Waals surface area contributed by atoms with Crippen molar-refractivity contribution in [1.29, 1.82) is 0 Å². The van der Waals surface area contributed by atoms with Crippen LogP contribution in [-0.4, -0.2) is 15.1 Å². The molecule has 0 fully saturated rings. The van der Waals surface area contributed by atoms with E-state index < -0.39 is 8.07 Å². The zero-order valence-corrected chi connectivity index (χ0v) is 18.4. The van der Waals surface area contributed by atoms with Gasteiger partial charge in [-0.1, -0.05) is 78.9 Å². The van der Waals surface area contributed by atoms with Crippen molar-refractivity contribution in [2.24, 2.45) is 0 Å². The standard InChI is InChI=1S/C23H33NSi/c1-22(2,3)16-10-12-18-20(14-16)25(8,9)21-15-17(23(4,5)6)11-13-19(21)24(18)7/h10-15H,1-9H3. The highest BCUT2D eigenvalue weighted by Gasteiger charge is 2.38. The molecule has 1 aliphatic rings. The summed E-state index contributed by atoms with van der Waals surface area (Å²) in [5, 5.41) is 3.14. The summed E-state index contributed by atoms with van der Waals surface area (Å²) >= 11 is 0. The van der Waals surface area contributed by atoms with E-state index >= 15 is 0 Å². The molecule has 0 radical (unpaired) electrons. The van der Waals surface area contributed by atoms with Crippen molar-refractivity contribution < 1.29 is 0 Å². The molecule has 0 saturated carbocycles. The Balaban J connectivity index is 2.24. The van der Waals surface area contributed by atoms with E-state index in [0.29, 0.717) is 0 Å². The molecule has 2 aromatic carbocycles. The molecule has 134 valence electrons. The molecule has 0 saturated heterocycles. The number of anilines is 2. The van der Waals surface area contributed by atoms with Crippen LogP contribution in [0.2, 0.25) is 13.1 Å². The monoisotopic (exact) mass is 351 g/mol. The van der Waals surface area contributed by atoms with Crippen LogP contribution in [0.3, 0.4) is 0 Å². The zero-order valence-electron chi connectivity index (χ0n) is 17.4. The lowest BCUT2D eigenvalue weighted by molar-refractivity contribution is 0.590. The van der Waals surface area contributed by atoms with E-state index in [0.717, 1.165) is 0 Å². The molecule has 2 aromatic rings. The van der Waals surface area contributed by atoms with Crippen LogP contribution >= 0.6 is 0 Å². The van der Waals surface area contributed by atoms with Gasteiger partial charge in [-0.25, -0.2) is 0 Å². The third kappa shape index (κ3) is 2.95. The average Bonchev–Trinajstić information content (AvgIpc) is 2.50. The van der Waals surface area contributed by atoms with Crippen LogP contribution in [0.4, 0.5) is 11.4 Å². The Hall–Kier alpha value is -1.54. The first kappa shape index (κ1) is 18.3. The molecular weight excluding hydrogens is 318 g/mol. The molecule has 1 aliphatic heterocycles. The molecule has 0 unspecified atom stereocenters. The molecule has 1 nitrogen and oxygen atoms in total. The molecule has 2 heteroatoms. The van der Waals surface area contributed by atoms with Gasteiger partial charge < -0.3 is 4.90 Å². The SMILES string of the molecule is CN1c2ccc(C(C)(C)C)cc2[Si](C)(C)c2cc(C(C)(C)C)ccc21. The topological polar surface area (TPSA) is 3.24 Å². The molecule has 1 heterocycles. The number of fused-ring (bicyclic) bond motifs is 2. The minimum atomic E-state index is -1.74. The number of rotatable bonds is 0. The van der Waals surface area contributed by atoms with Crippen molar-refractivity contribution >= 4 is 29.8 Å². The maximum atomic E-state index is 2.51. The Morgan fingerprint density at radius 2 is 1.04 bits per heavy atom.